The van der Waals surface area contributed by atoms with Crippen LogP contribution in [0.25, 0.3) is 0 Å². The average molecular weight is 355 g/mol. The summed E-state index contributed by atoms with van der Waals surface area (Å²) < 4.78 is 5.33. The van der Waals surface area contributed by atoms with E-state index < -0.39 is 10.8 Å². The van der Waals surface area contributed by atoms with Gasteiger partial charge in [0.25, 0.3) is 11.6 Å². The summed E-state index contributed by atoms with van der Waals surface area (Å²) in [5.41, 5.74) is 0.589. The van der Waals surface area contributed by atoms with E-state index in [2.05, 4.69) is 5.32 Å². The largest absolute Gasteiger partial charge is 0.484 e. The Morgan fingerprint density at radius 3 is 2.65 bits per heavy atom. The van der Waals surface area contributed by atoms with E-state index in [1.165, 1.54) is 18.2 Å². The molecule has 0 radical (unpaired) electrons. The average Bonchev–Trinajstić information content (AvgIpc) is 2.50. The lowest BCUT2D eigenvalue weighted by atomic mass is 10.2. The van der Waals surface area contributed by atoms with Crippen molar-refractivity contribution >= 4 is 40.5 Å². The summed E-state index contributed by atoms with van der Waals surface area (Å²) in [6, 6.07) is 8.97. The Hall–Kier alpha value is -2.31. The fourth-order valence-corrected chi connectivity index (χ4v) is 2.09. The highest BCUT2D eigenvalue weighted by atomic mass is 35.5. The van der Waals surface area contributed by atoms with Gasteiger partial charge in [0.1, 0.15) is 11.4 Å². The number of amides is 1. The molecule has 0 aliphatic heterocycles. The summed E-state index contributed by atoms with van der Waals surface area (Å²) >= 11 is 11.6. The highest BCUT2D eigenvalue weighted by Crippen LogP contribution is 2.27. The third kappa shape index (κ3) is 4.58. The zero-order valence-electron chi connectivity index (χ0n) is 12.0. The number of hydrogen-bond donors (Lipinski definition) is 1. The molecule has 2 aromatic rings. The van der Waals surface area contributed by atoms with Crippen LogP contribution in [0.2, 0.25) is 10.0 Å². The molecule has 120 valence electrons. The van der Waals surface area contributed by atoms with Crippen molar-refractivity contribution in [3.63, 3.8) is 0 Å². The number of carbonyl (C=O) groups excluding carboxylic acids is 1. The number of hydrogen-bond acceptors (Lipinski definition) is 4. The molecule has 0 saturated heterocycles. The van der Waals surface area contributed by atoms with Crippen LogP contribution in [-0.4, -0.2) is 17.4 Å². The first-order chi connectivity index (χ1) is 10.9. The molecule has 0 spiro atoms. The molecule has 6 nitrogen and oxygen atoms in total. The van der Waals surface area contributed by atoms with Crippen LogP contribution in [0.3, 0.4) is 0 Å². The van der Waals surface area contributed by atoms with E-state index in [0.717, 1.165) is 5.56 Å². The summed E-state index contributed by atoms with van der Waals surface area (Å²) in [6.45, 7) is 1.52. The number of nitrogens with zero attached hydrogens (tertiary/aromatic N) is 1. The molecule has 8 heteroatoms. The fourth-order valence-electron chi connectivity index (χ4n) is 1.80. The first-order valence-electron chi connectivity index (χ1n) is 6.49. The molecule has 2 rings (SSSR count). The van der Waals surface area contributed by atoms with E-state index in [-0.39, 0.29) is 23.0 Å². The van der Waals surface area contributed by atoms with Crippen molar-refractivity contribution < 1.29 is 14.5 Å². The van der Waals surface area contributed by atoms with E-state index in [9.17, 15) is 14.9 Å². The van der Waals surface area contributed by atoms with Gasteiger partial charge < -0.3 is 10.1 Å². The molecule has 0 aliphatic carbocycles. The highest BCUT2D eigenvalue weighted by molar-refractivity contribution is 6.31. The number of nitro groups is 1. The smallest absolute Gasteiger partial charge is 0.294 e. The molecule has 1 amide bonds. The Kier molecular flexibility index (Phi) is 5.41. The third-order valence-corrected chi connectivity index (χ3v) is 3.59. The van der Waals surface area contributed by atoms with Gasteiger partial charge in [0.05, 0.1) is 4.92 Å². The van der Waals surface area contributed by atoms with Gasteiger partial charge in [-0.3, -0.25) is 14.9 Å². The third-order valence-electron chi connectivity index (χ3n) is 2.93. The zero-order chi connectivity index (χ0) is 17.0. The van der Waals surface area contributed by atoms with Gasteiger partial charge in [-0.2, -0.15) is 0 Å². The van der Waals surface area contributed by atoms with Gasteiger partial charge in [0, 0.05) is 16.1 Å². The molecule has 0 atom stereocenters. The van der Waals surface area contributed by atoms with Gasteiger partial charge in [-0.1, -0.05) is 23.2 Å². The molecular formula is C15H12Cl2N2O4. The molecule has 0 heterocycles. The summed E-state index contributed by atoms with van der Waals surface area (Å²) in [6.07, 6.45) is 0. The first kappa shape index (κ1) is 17.1. The number of carbonyl (C=O) groups is 1. The van der Waals surface area contributed by atoms with Crippen LogP contribution in [0.1, 0.15) is 5.56 Å². The second kappa shape index (κ2) is 7.30. The van der Waals surface area contributed by atoms with Crippen LogP contribution in [0.5, 0.6) is 5.75 Å². The van der Waals surface area contributed by atoms with Gasteiger partial charge in [-0.05, 0) is 42.8 Å². The second-order valence-electron chi connectivity index (χ2n) is 4.67. The van der Waals surface area contributed by atoms with Gasteiger partial charge in [-0.15, -0.1) is 0 Å². The topological polar surface area (TPSA) is 81.5 Å². The van der Waals surface area contributed by atoms with Gasteiger partial charge in [0.15, 0.2) is 6.61 Å². The number of halogens is 2. The maximum atomic E-state index is 11.9. The summed E-state index contributed by atoms with van der Waals surface area (Å²) in [4.78, 5) is 22.2. The number of ether oxygens (including phenoxy) is 1. The van der Waals surface area contributed by atoms with E-state index in [0.29, 0.717) is 10.8 Å². The maximum Gasteiger partial charge on any atom is 0.294 e. The van der Waals surface area contributed by atoms with Gasteiger partial charge >= 0.3 is 0 Å². The lowest BCUT2D eigenvalue weighted by molar-refractivity contribution is -0.383. The Morgan fingerprint density at radius 1 is 1.26 bits per heavy atom. The number of rotatable bonds is 5. The predicted octanol–water partition coefficient (Wildman–Crippen LogP) is 4.23. The lowest BCUT2D eigenvalue weighted by Crippen LogP contribution is -2.20. The van der Waals surface area contributed by atoms with Crippen LogP contribution in [0.4, 0.5) is 11.4 Å². The Morgan fingerprint density at radius 2 is 2.00 bits per heavy atom. The summed E-state index contributed by atoms with van der Waals surface area (Å²) in [5, 5.41) is 14.2. The van der Waals surface area contributed by atoms with Crippen LogP contribution in [0, 0.1) is 17.0 Å². The molecule has 0 fully saturated rings. The zero-order valence-corrected chi connectivity index (χ0v) is 13.5. The SMILES string of the molecule is Cc1cc(OCC(=O)Nc2ccc(Cl)cc2[N+](=O)[O-])ccc1Cl. The van der Waals surface area contributed by atoms with E-state index in [1.807, 2.05) is 6.92 Å². The standard InChI is InChI=1S/C15H12Cl2N2O4/c1-9-6-11(3-4-12(9)17)23-8-15(20)18-13-5-2-10(16)7-14(13)19(21)22/h2-7H,8H2,1H3,(H,18,20). The van der Waals surface area contributed by atoms with Gasteiger partial charge in [-0.25, -0.2) is 0 Å². The number of anilines is 1. The number of aryl methyl sites for hydroxylation is 1. The minimum Gasteiger partial charge on any atom is -0.484 e. The molecule has 1 N–H and O–H groups in total. The second-order valence-corrected chi connectivity index (χ2v) is 5.51. The van der Waals surface area contributed by atoms with Crippen LogP contribution in [0.15, 0.2) is 36.4 Å². The predicted molar refractivity (Wildman–Crippen MR) is 88.4 cm³/mol. The Balaban J connectivity index is 2.02. The van der Waals surface area contributed by atoms with E-state index in [4.69, 9.17) is 27.9 Å². The molecule has 2 aromatic carbocycles. The number of nitrogens with one attached hydrogen (secondary N) is 1. The van der Waals surface area contributed by atoms with Crippen LogP contribution < -0.4 is 10.1 Å². The molecule has 0 aliphatic rings. The minimum atomic E-state index is -0.620. The Labute approximate surface area is 142 Å². The van der Waals surface area contributed by atoms with Crippen molar-refractivity contribution in [3.05, 3.63) is 62.1 Å². The van der Waals surface area contributed by atoms with Crippen molar-refractivity contribution in [3.8, 4) is 5.75 Å². The maximum absolute atomic E-state index is 11.9. The molecule has 0 bridgehead atoms. The van der Waals surface area contributed by atoms with Crippen molar-refractivity contribution in [2.45, 2.75) is 6.92 Å². The van der Waals surface area contributed by atoms with Crippen molar-refractivity contribution in [1.82, 2.24) is 0 Å². The monoisotopic (exact) mass is 354 g/mol. The lowest BCUT2D eigenvalue weighted by Gasteiger charge is -2.09. The van der Waals surface area contributed by atoms with Crippen molar-refractivity contribution in [1.29, 1.82) is 0 Å². The first-order valence-corrected chi connectivity index (χ1v) is 7.25. The van der Waals surface area contributed by atoms with Crippen LogP contribution in [-0.2, 0) is 4.79 Å². The highest BCUT2D eigenvalue weighted by Gasteiger charge is 2.16. The number of benzene rings is 2. The normalized spacial score (nSPS) is 10.2. The van der Waals surface area contributed by atoms with E-state index in [1.54, 1.807) is 18.2 Å². The van der Waals surface area contributed by atoms with Gasteiger partial charge in [0.2, 0.25) is 0 Å². The fraction of sp³-hybridized carbons (Fsp3) is 0.133. The van der Waals surface area contributed by atoms with E-state index >= 15 is 0 Å². The van der Waals surface area contributed by atoms with Crippen molar-refractivity contribution in [2.24, 2.45) is 0 Å². The summed E-state index contributed by atoms with van der Waals surface area (Å²) in [5.74, 6) is -0.0457. The minimum absolute atomic E-state index is 0.0558. The Bertz CT molecular complexity index is 765. The molecule has 0 unspecified atom stereocenters. The number of nitro benzene ring substituents is 1. The molecule has 0 saturated carbocycles. The quantitative estimate of drug-likeness (QED) is 0.643. The van der Waals surface area contributed by atoms with Crippen LogP contribution >= 0.6 is 23.2 Å². The molecule has 0 aromatic heterocycles. The molecular weight excluding hydrogens is 343 g/mol. The van der Waals surface area contributed by atoms with Crippen molar-refractivity contribution in [2.75, 3.05) is 11.9 Å². The molecule has 23 heavy (non-hydrogen) atoms. The summed E-state index contributed by atoms with van der Waals surface area (Å²) in [7, 11) is 0.